The van der Waals surface area contributed by atoms with Crippen molar-refractivity contribution in [3.05, 3.63) is 63.6 Å². The van der Waals surface area contributed by atoms with Gasteiger partial charge in [0.25, 0.3) is 0 Å². The number of hydrogen-bond donors (Lipinski definition) is 1. The molecule has 1 aromatic carbocycles. The highest BCUT2D eigenvalue weighted by molar-refractivity contribution is 6.30. The third-order valence-corrected chi connectivity index (χ3v) is 3.06. The Hall–Kier alpha value is -1.16. The van der Waals surface area contributed by atoms with Crippen molar-refractivity contribution >= 4 is 23.2 Å². The van der Waals surface area contributed by atoms with Gasteiger partial charge in [0.1, 0.15) is 11.0 Å². The summed E-state index contributed by atoms with van der Waals surface area (Å²) in [6.45, 7) is 0. The van der Waals surface area contributed by atoms with E-state index in [9.17, 15) is 9.50 Å². The molecule has 2 aromatic rings. The molecule has 1 unspecified atom stereocenters. The Morgan fingerprint density at radius 2 is 2.00 bits per heavy atom. The smallest absolute Gasteiger partial charge is 0.141 e. The molecule has 5 heteroatoms. The fourth-order valence-electron chi connectivity index (χ4n) is 1.59. The minimum absolute atomic E-state index is 0.0499. The number of aromatic nitrogens is 1. The summed E-state index contributed by atoms with van der Waals surface area (Å²) < 4.78 is 13.0. The summed E-state index contributed by atoms with van der Waals surface area (Å²) in [5.41, 5.74) is 1.41. The van der Waals surface area contributed by atoms with Crippen LogP contribution >= 0.6 is 23.2 Å². The molecule has 0 aliphatic rings. The summed E-state index contributed by atoms with van der Waals surface area (Å²) in [7, 11) is 0. The van der Waals surface area contributed by atoms with Gasteiger partial charge in [-0.15, -0.1) is 0 Å². The number of aliphatic hydroxyl groups excluding tert-OH is 1. The number of hydrogen-bond acceptors (Lipinski definition) is 2. The van der Waals surface area contributed by atoms with Gasteiger partial charge in [-0.25, -0.2) is 9.37 Å². The molecule has 0 fully saturated rings. The Labute approximate surface area is 114 Å². The zero-order valence-electron chi connectivity index (χ0n) is 9.28. The zero-order chi connectivity index (χ0) is 13.1. The van der Waals surface area contributed by atoms with Gasteiger partial charge < -0.3 is 5.11 Å². The van der Waals surface area contributed by atoms with Crippen molar-refractivity contribution in [3.63, 3.8) is 0 Å². The summed E-state index contributed by atoms with van der Waals surface area (Å²) in [5.74, 6) is -0.469. The fraction of sp³-hybridized carbons (Fsp3) is 0.154. The van der Waals surface area contributed by atoms with Gasteiger partial charge in [0.15, 0.2) is 0 Å². The number of rotatable bonds is 3. The molecule has 1 aromatic heterocycles. The lowest BCUT2D eigenvalue weighted by Crippen LogP contribution is -2.02. The van der Waals surface area contributed by atoms with E-state index in [1.54, 1.807) is 18.2 Å². The maximum atomic E-state index is 13.0. The lowest BCUT2D eigenvalue weighted by molar-refractivity contribution is 0.178. The molecule has 0 saturated carbocycles. The summed E-state index contributed by atoms with van der Waals surface area (Å²) in [6.07, 6.45) is 1.12. The second-order valence-corrected chi connectivity index (χ2v) is 4.68. The van der Waals surface area contributed by atoms with Gasteiger partial charge >= 0.3 is 0 Å². The standard InChI is InChI=1S/C13H10Cl2FNO/c14-10-5-8(1-3-11(10)16)6-12(18)9-2-4-13(15)17-7-9/h1-5,7,12,18H,6H2. The van der Waals surface area contributed by atoms with Crippen molar-refractivity contribution in [2.24, 2.45) is 0 Å². The quantitative estimate of drug-likeness (QED) is 0.870. The van der Waals surface area contributed by atoms with Crippen LogP contribution in [0.4, 0.5) is 4.39 Å². The second-order valence-electron chi connectivity index (χ2n) is 3.88. The summed E-state index contributed by atoms with van der Waals surface area (Å²) in [5, 5.41) is 10.4. The third kappa shape index (κ3) is 3.19. The number of nitrogens with zero attached hydrogens (tertiary/aromatic N) is 1. The SMILES string of the molecule is OC(Cc1ccc(F)c(Cl)c1)c1ccc(Cl)nc1. The molecule has 0 amide bonds. The van der Waals surface area contributed by atoms with Crippen LogP contribution in [0.25, 0.3) is 0 Å². The number of aliphatic hydroxyl groups is 1. The molecular formula is C13H10Cl2FNO. The highest BCUT2D eigenvalue weighted by atomic mass is 35.5. The second kappa shape index (κ2) is 5.65. The number of pyridine rings is 1. The van der Waals surface area contributed by atoms with E-state index in [1.165, 1.54) is 18.3 Å². The van der Waals surface area contributed by atoms with Crippen LogP contribution in [0.3, 0.4) is 0 Å². The summed E-state index contributed by atoms with van der Waals surface area (Å²) in [6, 6.07) is 7.69. The first-order chi connectivity index (χ1) is 8.56. The molecule has 0 spiro atoms. The average Bonchev–Trinajstić information content (AvgIpc) is 2.34. The number of halogens is 3. The van der Waals surface area contributed by atoms with Gasteiger partial charge in [0, 0.05) is 12.6 Å². The maximum Gasteiger partial charge on any atom is 0.141 e. The van der Waals surface area contributed by atoms with Crippen molar-refractivity contribution in [2.75, 3.05) is 0 Å². The molecule has 0 radical (unpaired) electrons. The lowest BCUT2D eigenvalue weighted by atomic mass is 10.0. The van der Waals surface area contributed by atoms with Crippen LogP contribution in [-0.2, 0) is 6.42 Å². The van der Waals surface area contributed by atoms with E-state index in [4.69, 9.17) is 23.2 Å². The topological polar surface area (TPSA) is 33.1 Å². The zero-order valence-corrected chi connectivity index (χ0v) is 10.8. The first kappa shape index (κ1) is 13.3. The largest absolute Gasteiger partial charge is 0.388 e. The Bertz CT molecular complexity index is 545. The third-order valence-electron chi connectivity index (χ3n) is 2.55. The molecular weight excluding hydrogens is 276 g/mol. The minimum Gasteiger partial charge on any atom is -0.388 e. The van der Waals surface area contributed by atoms with Crippen LogP contribution < -0.4 is 0 Å². The van der Waals surface area contributed by atoms with Crippen molar-refractivity contribution < 1.29 is 9.50 Å². The predicted octanol–water partition coefficient (Wildman–Crippen LogP) is 3.80. The van der Waals surface area contributed by atoms with Crippen molar-refractivity contribution in [1.29, 1.82) is 0 Å². The predicted molar refractivity (Wildman–Crippen MR) is 69.3 cm³/mol. The summed E-state index contributed by atoms with van der Waals surface area (Å²) in [4.78, 5) is 3.89. The van der Waals surface area contributed by atoms with Crippen molar-refractivity contribution in [2.45, 2.75) is 12.5 Å². The molecule has 0 aliphatic heterocycles. The Morgan fingerprint density at radius 1 is 1.22 bits per heavy atom. The van der Waals surface area contributed by atoms with Crippen LogP contribution in [0.15, 0.2) is 36.5 Å². The van der Waals surface area contributed by atoms with Gasteiger partial charge in [-0.3, -0.25) is 0 Å². The van der Waals surface area contributed by atoms with Crippen LogP contribution in [0, 0.1) is 5.82 Å². The molecule has 94 valence electrons. The molecule has 0 bridgehead atoms. The molecule has 2 nitrogen and oxygen atoms in total. The molecule has 0 aliphatic carbocycles. The Kier molecular flexibility index (Phi) is 4.17. The number of benzene rings is 1. The van der Waals surface area contributed by atoms with Crippen LogP contribution in [0.5, 0.6) is 0 Å². The molecule has 1 N–H and O–H groups in total. The highest BCUT2D eigenvalue weighted by Crippen LogP contribution is 2.22. The average molecular weight is 286 g/mol. The van der Waals surface area contributed by atoms with Gasteiger partial charge in [-0.2, -0.15) is 0 Å². The van der Waals surface area contributed by atoms with Crippen LogP contribution in [-0.4, -0.2) is 10.1 Å². The van der Waals surface area contributed by atoms with E-state index in [0.717, 1.165) is 5.56 Å². The van der Waals surface area contributed by atoms with Crippen molar-refractivity contribution in [3.8, 4) is 0 Å². The first-order valence-electron chi connectivity index (χ1n) is 5.29. The monoisotopic (exact) mass is 285 g/mol. The fourth-order valence-corrected chi connectivity index (χ4v) is 1.91. The van der Waals surface area contributed by atoms with Gasteiger partial charge in [-0.1, -0.05) is 35.3 Å². The van der Waals surface area contributed by atoms with E-state index in [-0.39, 0.29) is 5.02 Å². The Morgan fingerprint density at radius 3 is 2.61 bits per heavy atom. The van der Waals surface area contributed by atoms with E-state index in [2.05, 4.69) is 4.98 Å². The van der Waals surface area contributed by atoms with Gasteiger partial charge in [0.2, 0.25) is 0 Å². The highest BCUT2D eigenvalue weighted by Gasteiger charge is 2.10. The Balaban J connectivity index is 2.13. The van der Waals surface area contributed by atoms with E-state index in [0.29, 0.717) is 17.1 Å². The molecule has 2 rings (SSSR count). The maximum absolute atomic E-state index is 13.0. The van der Waals surface area contributed by atoms with Crippen molar-refractivity contribution in [1.82, 2.24) is 4.98 Å². The van der Waals surface area contributed by atoms with E-state index in [1.807, 2.05) is 0 Å². The molecule has 1 heterocycles. The lowest BCUT2D eigenvalue weighted by Gasteiger charge is -2.11. The molecule has 0 saturated heterocycles. The molecule has 1 atom stereocenters. The van der Waals surface area contributed by atoms with Gasteiger partial charge in [0.05, 0.1) is 11.1 Å². The van der Waals surface area contributed by atoms with Crippen LogP contribution in [0.1, 0.15) is 17.2 Å². The minimum atomic E-state index is -0.726. The molecule has 18 heavy (non-hydrogen) atoms. The summed E-state index contributed by atoms with van der Waals surface area (Å²) >= 11 is 11.3. The van der Waals surface area contributed by atoms with E-state index < -0.39 is 11.9 Å². The van der Waals surface area contributed by atoms with E-state index >= 15 is 0 Å². The van der Waals surface area contributed by atoms with Gasteiger partial charge in [-0.05, 0) is 29.3 Å². The van der Waals surface area contributed by atoms with Crippen LogP contribution in [0.2, 0.25) is 10.2 Å². The normalized spacial score (nSPS) is 12.4. The first-order valence-corrected chi connectivity index (χ1v) is 6.05.